The number of ether oxygens (including phenoxy) is 1. The number of halogens is 1. The Morgan fingerprint density at radius 2 is 2.37 bits per heavy atom. The molecule has 0 unspecified atom stereocenters. The van der Waals surface area contributed by atoms with Crippen LogP contribution < -0.4 is 5.32 Å². The molecule has 0 radical (unpaired) electrons. The number of fused-ring (bicyclic) bond motifs is 2. The van der Waals surface area contributed by atoms with Gasteiger partial charge in [0, 0.05) is 36.7 Å². The van der Waals surface area contributed by atoms with Crippen molar-refractivity contribution >= 4 is 0 Å². The monoisotopic (exact) mass is 262 g/mol. The van der Waals surface area contributed by atoms with Gasteiger partial charge in [0.1, 0.15) is 5.82 Å². The van der Waals surface area contributed by atoms with Gasteiger partial charge in [-0.1, -0.05) is 6.42 Å². The zero-order valence-electron chi connectivity index (χ0n) is 10.9. The van der Waals surface area contributed by atoms with Crippen molar-refractivity contribution in [1.29, 1.82) is 0 Å². The maximum atomic E-state index is 13.6. The lowest BCUT2D eigenvalue weighted by Crippen LogP contribution is -2.70. The molecule has 19 heavy (non-hydrogen) atoms. The first kappa shape index (κ1) is 11.8. The molecule has 2 aliphatic carbocycles. The van der Waals surface area contributed by atoms with Crippen LogP contribution in [0, 0.1) is 17.2 Å². The van der Waals surface area contributed by atoms with E-state index in [-0.39, 0.29) is 5.82 Å². The fourth-order valence-corrected chi connectivity index (χ4v) is 4.31. The topological polar surface area (TPSA) is 34.2 Å². The maximum absolute atomic E-state index is 13.6. The fourth-order valence-electron chi connectivity index (χ4n) is 4.31. The first-order valence-electron chi connectivity index (χ1n) is 7.26. The Kier molecular flexibility index (Phi) is 2.64. The largest absolute Gasteiger partial charge is 0.377 e. The van der Waals surface area contributed by atoms with Gasteiger partial charge in [0.05, 0.1) is 11.8 Å². The van der Waals surface area contributed by atoms with Crippen LogP contribution in [0.4, 0.5) is 4.39 Å². The molecule has 1 spiro atoms. The molecule has 102 valence electrons. The van der Waals surface area contributed by atoms with E-state index in [4.69, 9.17) is 4.74 Å². The Hall–Kier alpha value is -1.00. The molecule has 1 N–H and O–H groups in total. The Morgan fingerprint density at radius 1 is 1.47 bits per heavy atom. The SMILES string of the molecule is Fc1cccnc1CN[C@@H]1[C@H]2CCO[C@H]2C12CCC2. The summed E-state index contributed by atoms with van der Waals surface area (Å²) in [6.45, 7) is 1.43. The summed E-state index contributed by atoms with van der Waals surface area (Å²) in [7, 11) is 0. The normalized spacial score (nSPS) is 34.7. The lowest BCUT2D eigenvalue weighted by atomic mass is 9.46. The number of rotatable bonds is 3. The third-order valence-electron chi connectivity index (χ3n) is 5.36. The third kappa shape index (κ3) is 1.59. The summed E-state index contributed by atoms with van der Waals surface area (Å²) in [6.07, 6.45) is 7.10. The highest BCUT2D eigenvalue weighted by Crippen LogP contribution is 2.62. The smallest absolute Gasteiger partial charge is 0.146 e. The maximum Gasteiger partial charge on any atom is 0.146 e. The van der Waals surface area contributed by atoms with E-state index in [1.807, 2.05) is 0 Å². The quantitative estimate of drug-likeness (QED) is 0.907. The first-order chi connectivity index (χ1) is 9.31. The van der Waals surface area contributed by atoms with E-state index >= 15 is 0 Å². The van der Waals surface area contributed by atoms with Gasteiger partial charge in [-0.05, 0) is 31.4 Å². The van der Waals surface area contributed by atoms with Crippen LogP contribution in [-0.4, -0.2) is 23.7 Å². The van der Waals surface area contributed by atoms with Gasteiger partial charge >= 0.3 is 0 Å². The van der Waals surface area contributed by atoms with Crippen molar-refractivity contribution < 1.29 is 9.13 Å². The second kappa shape index (κ2) is 4.25. The van der Waals surface area contributed by atoms with Crippen molar-refractivity contribution in [3.63, 3.8) is 0 Å². The van der Waals surface area contributed by atoms with E-state index in [1.165, 1.54) is 25.3 Å². The molecule has 4 heteroatoms. The number of nitrogens with one attached hydrogen (secondary N) is 1. The predicted molar refractivity (Wildman–Crippen MR) is 69.0 cm³/mol. The highest BCUT2D eigenvalue weighted by molar-refractivity contribution is 5.19. The molecule has 3 fully saturated rings. The average molecular weight is 262 g/mol. The summed E-state index contributed by atoms with van der Waals surface area (Å²) in [5.41, 5.74) is 0.881. The van der Waals surface area contributed by atoms with Crippen LogP contribution in [0.3, 0.4) is 0 Å². The average Bonchev–Trinajstić information content (AvgIpc) is 2.75. The van der Waals surface area contributed by atoms with Crippen LogP contribution in [0.25, 0.3) is 0 Å². The standard InChI is InChI=1S/C15H19FN2O/c16-11-3-1-7-17-12(11)9-18-13-10-4-8-19-14(10)15(13)5-2-6-15/h1,3,7,10,13-14,18H,2,4-6,8-9H2/t10-,13-,14-/m1/s1. The van der Waals surface area contributed by atoms with Crippen molar-refractivity contribution in [2.24, 2.45) is 11.3 Å². The van der Waals surface area contributed by atoms with E-state index < -0.39 is 0 Å². The number of nitrogens with zero attached hydrogens (tertiary/aromatic N) is 1. The van der Waals surface area contributed by atoms with Crippen molar-refractivity contribution in [3.8, 4) is 0 Å². The van der Waals surface area contributed by atoms with Gasteiger partial charge < -0.3 is 10.1 Å². The van der Waals surface area contributed by atoms with Crippen LogP contribution in [0.2, 0.25) is 0 Å². The zero-order valence-corrected chi connectivity index (χ0v) is 10.9. The van der Waals surface area contributed by atoms with Gasteiger partial charge in [0.25, 0.3) is 0 Å². The van der Waals surface area contributed by atoms with Crippen LogP contribution in [0.5, 0.6) is 0 Å². The summed E-state index contributed by atoms with van der Waals surface area (Å²) in [4.78, 5) is 4.12. The molecular formula is C15H19FN2O. The summed E-state index contributed by atoms with van der Waals surface area (Å²) in [5, 5.41) is 3.56. The van der Waals surface area contributed by atoms with E-state index in [0.29, 0.717) is 35.7 Å². The van der Waals surface area contributed by atoms with Crippen LogP contribution in [0.1, 0.15) is 31.4 Å². The van der Waals surface area contributed by atoms with Crippen LogP contribution >= 0.6 is 0 Å². The molecule has 3 atom stereocenters. The van der Waals surface area contributed by atoms with Crippen molar-refractivity contribution in [2.75, 3.05) is 6.61 Å². The Balaban J connectivity index is 1.47. The van der Waals surface area contributed by atoms with E-state index in [2.05, 4.69) is 10.3 Å². The van der Waals surface area contributed by atoms with Gasteiger partial charge in [-0.3, -0.25) is 4.98 Å². The second-order valence-corrected chi connectivity index (χ2v) is 6.12. The Bertz CT molecular complexity index is 489. The van der Waals surface area contributed by atoms with Gasteiger partial charge in [0.15, 0.2) is 0 Å². The molecule has 1 saturated heterocycles. The summed E-state index contributed by atoms with van der Waals surface area (Å²) in [6, 6.07) is 3.61. The predicted octanol–water partition coefficient (Wildman–Crippen LogP) is 2.27. The van der Waals surface area contributed by atoms with Gasteiger partial charge in [-0.25, -0.2) is 4.39 Å². The molecule has 4 rings (SSSR count). The molecule has 2 heterocycles. The zero-order chi connectivity index (χ0) is 12.9. The van der Waals surface area contributed by atoms with E-state index in [0.717, 1.165) is 13.0 Å². The van der Waals surface area contributed by atoms with E-state index in [9.17, 15) is 4.39 Å². The van der Waals surface area contributed by atoms with Gasteiger partial charge in [-0.15, -0.1) is 0 Å². The summed E-state index contributed by atoms with van der Waals surface area (Å²) < 4.78 is 19.5. The molecule has 0 amide bonds. The number of hydrogen-bond acceptors (Lipinski definition) is 3. The highest BCUT2D eigenvalue weighted by Gasteiger charge is 2.66. The molecule has 1 aromatic heterocycles. The minimum Gasteiger partial charge on any atom is -0.377 e. The van der Waals surface area contributed by atoms with Crippen molar-refractivity contribution in [3.05, 3.63) is 29.8 Å². The number of hydrogen-bond donors (Lipinski definition) is 1. The Morgan fingerprint density at radius 3 is 3.11 bits per heavy atom. The first-order valence-corrected chi connectivity index (χ1v) is 7.26. The fraction of sp³-hybridized carbons (Fsp3) is 0.667. The molecule has 3 aliphatic rings. The number of aromatic nitrogens is 1. The van der Waals surface area contributed by atoms with Crippen molar-refractivity contribution in [1.82, 2.24) is 10.3 Å². The molecule has 1 aromatic rings. The minimum atomic E-state index is -0.212. The van der Waals surface area contributed by atoms with Crippen LogP contribution in [-0.2, 0) is 11.3 Å². The summed E-state index contributed by atoms with van der Waals surface area (Å²) in [5.74, 6) is 0.420. The third-order valence-corrected chi connectivity index (χ3v) is 5.36. The van der Waals surface area contributed by atoms with Crippen LogP contribution in [0.15, 0.2) is 18.3 Å². The van der Waals surface area contributed by atoms with E-state index in [1.54, 1.807) is 12.3 Å². The molecule has 1 aliphatic heterocycles. The summed E-state index contributed by atoms with van der Waals surface area (Å²) >= 11 is 0. The second-order valence-electron chi connectivity index (χ2n) is 6.12. The lowest BCUT2D eigenvalue weighted by Gasteiger charge is -2.63. The lowest BCUT2D eigenvalue weighted by molar-refractivity contribution is -0.176. The molecule has 0 bridgehead atoms. The molecule has 2 saturated carbocycles. The van der Waals surface area contributed by atoms with Gasteiger partial charge in [0.2, 0.25) is 0 Å². The number of pyridine rings is 1. The molecule has 3 nitrogen and oxygen atoms in total. The highest BCUT2D eigenvalue weighted by atomic mass is 19.1. The molecular weight excluding hydrogens is 243 g/mol. The molecule has 0 aromatic carbocycles. The van der Waals surface area contributed by atoms with Crippen molar-refractivity contribution in [2.45, 2.75) is 44.4 Å². The minimum absolute atomic E-state index is 0.212. The Labute approximate surface area is 112 Å². The van der Waals surface area contributed by atoms with Gasteiger partial charge in [-0.2, -0.15) is 0 Å².